The lowest BCUT2D eigenvalue weighted by Crippen LogP contribution is -2.31. The van der Waals surface area contributed by atoms with E-state index in [4.69, 9.17) is 0 Å². The Bertz CT molecular complexity index is 604. The molecule has 0 spiro atoms. The zero-order valence-electron chi connectivity index (χ0n) is 15.0. The summed E-state index contributed by atoms with van der Waals surface area (Å²) < 4.78 is 0. The van der Waals surface area contributed by atoms with Gasteiger partial charge in [0.1, 0.15) is 7.85 Å². The van der Waals surface area contributed by atoms with Gasteiger partial charge in [-0.15, -0.1) is 0 Å². The fourth-order valence-corrected chi connectivity index (χ4v) is 4.17. The van der Waals surface area contributed by atoms with Gasteiger partial charge in [0.25, 0.3) is 0 Å². The van der Waals surface area contributed by atoms with Crippen molar-refractivity contribution in [3.05, 3.63) is 29.8 Å². The Labute approximate surface area is 144 Å². The standard InChI is InChI=1S/C18H26BNO2S/c1-17(2,11-18(3,4)19)12-6-8-13(9-7-12)20-15(21)10-14(23-5)16(20)22/h6-9,14H,10-11,19H2,1-5H3. The van der Waals surface area contributed by atoms with Crippen LogP contribution in [-0.4, -0.2) is 31.2 Å². The maximum atomic E-state index is 12.3. The minimum absolute atomic E-state index is 0.0532. The average Bonchev–Trinajstić information content (AvgIpc) is 2.71. The Morgan fingerprint density at radius 3 is 2.17 bits per heavy atom. The molecule has 5 heteroatoms. The van der Waals surface area contributed by atoms with Gasteiger partial charge in [-0.2, -0.15) is 11.8 Å². The highest BCUT2D eigenvalue weighted by molar-refractivity contribution is 8.00. The molecule has 23 heavy (non-hydrogen) atoms. The predicted octanol–water partition coefficient (Wildman–Crippen LogP) is 3.18. The van der Waals surface area contributed by atoms with Gasteiger partial charge < -0.3 is 0 Å². The quantitative estimate of drug-likeness (QED) is 0.614. The second kappa shape index (κ2) is 6.35. The van der Waals surface area contributed by atoms with E-state index in [1.807, 2.05) is 30.5 Å². The van der Waals surface area contributed by atoms with Gasteiger partial charge in [0.2, 0.25) is 11.8 Å². The Balaban J connectivity index is 2.23. The number of amides is 2. The number of benzene rings is 1. The van der Waals surface area contributed by atoms with Crippen LogP contribution in [-0.2, 0) is 15.0 Å². The maximum absolute atomic E-state index is 12.3. The van der Waals surface area contributed by atoms with Gasteiger partial charge in [-0.05, 0) is 35.8 Å². The van der Waals surface area contributed by atoms with Crippen molar-refractivity contribution in [2.75, 3.05) is 11.2 Å². The molecule has 2 amide bonds. The molecule has 3 nitrogen and oxygen atoms in total. The van der Waals surface area contributed by atoms with Crippen molar-refractivity contribution < 1.29 is 9.59 Å². The fourth-order valence-electron chi connectivity index (χ4n) is 3.55. The van der Waals surface area contributed by atoms with E-state index in [2.05, 4.69) is 35.5 Å². The van der Waals surface area contributed by atoms with Gasteiger partial charge in [0, 0.05) is 6.42 Å². The molecule has 0 bridgehead atoms. The van der Waals surface area contributed by atoms with Gasteiger partial charge in [-0.3, -0.25) is 9.59 Å². The third-order valence-corrected chi connectivity index (χ3v) is 5.21. The Morgan fingerprint density at radius 2 is 1.74 bits per heavy atom. The molecular formula is C18H26BNO2S. The smallest absolute Gasteiger partial charge is 0.247 e. The summed E-state index contributed by atoms with van der Waals surface area (Å²) >= 11 is 1.44. The highest BCUT2D eigenvalue weighted by Crippen LogP contribution is 2.39. The second-order valence-corrected chi connectivity index (χ2v) is 9.20. The number of carbonyl (C=O) groups excluding carboxylic acids is 2. The van der Waals surface area contributed by atoms with E-state index in [1.165, 1.54) is 22.2 Å². The lowest BCUT2D eigenvalue weighted by molar-refractivity contribution is -0.121. The minimum Gasteiger partial charge on any atom is -0.274 e. The van der Waals surface area contributed by atoms with Crippen molar-refractivity contribution in [1.29, 1.82) is 0 Å². The molecule has 0 N–H and O–H groups in total. The van der Waals surface area contributed by atoms with E-state index in [-0.39, 0.29) is 27.8 Å². The van der Waals surface area contributed by atoms with Crippen LogP contribution in [0.25, 0.3) is 0 Å². The summed E-state index contributed by atoms with van der Waals surface area (Å²) in [5.74, 6) is -0.194. The molecule has 0 aromatic heterocycles. The summed E-state index contributed by atoms with van der Waals surface area (Å²) in [6.07, 6.45) is 3.24. The van der Waals surface area contributed by atoms with Gasteiger partial charge in [0.05, 0.1) is 10.9 Å². The number of imide groups is 1. The fraction of sp³-hybridized carbons (Fsp3) is 0.556. The van der Waals surface area contributed by atoms with E-state index in [0.717, 1.165) is 6.42 Å². The minimum atomic E-state index is -0.237. The molecule has 1 heterocycles. The third kappa shape index (κ3) is 4.00. The Kier molecular flexibility index (Phi) is 5.00. The first-order valence-electron chi connectivity index (χ1n) is 8.05. The zero-order chi connectivity index (χ0) is 17.4. The third-order valence-electron chi connectivity index (χ3n) is 4.27. The van der Waals surface area contributed by atoms with Crippen molar-refractivity contribution in [1.82, 2.24) is 0 Å². The topological polar surface area (TPSA) is 37.4 Å². The molecule has 1 atom stereocenters. The van der Waals surface area contributed by atoms with Gasteiger partial charge in [-0.1, -0.05) is 45.1 Å². The van der Waals surface area contributed by atoms with Crippen molar-refractivity contribution in [3.8, 4) is 0 Å². The van der Waals surface area contributed by atoms with E-state index in [1.54, 1.807) is 0 Å². The lowest BCUT2D eigenvalue weighted by atomic mass is 9.62. The molecular weight excluding hydrogens is 305 g/mol. The van der Waals surface area contributed by atoms with Gasteiger partial charge >= 0.3 is 0 Å². The van der Waals surface area contributed by atoms with E-state index in [0.29, 0.717) is 12.1 Å². The molecule has 1 aliphatic rings. The number of nitrogens with zero attached hydrogens (tertiary/aromatic N) is 1. The SMILES string of the molecule is BC(C)(C)CC(C)(C)c1ccc(N2C(=O)CC(SC)C2=O)cc1. The number of thioether (sulfide) groups is 1. The van der Waals surface area contributed by atoms with Crippen LogP contribution in [0.3, 0.4) is 0 Å². The molecule has 1 aliphatic heterocycles. The number of anilines is 1. The van der Waals surface area contributed by atoms with Crippen LogP contribution >= 0.6 is 11.8 Å². The summed E-state index contributed by atoms with van der Waals surface area (Å²) in [4.78, 5) is 25.8. The molecule has 1 saturated heterocycles. The molecule has 0 saturated carbocycles. The number of rotatable bonds is 5. The summed E-state index contributed by atoms with van der Waals surface area (Å²) in [5.41, 5.74) is 1.97. The monoisotopic (exact) mass is 331 g/mol. The van der Waals surface area contributed by atoms with Crippen LogP contribution in [0.4, 0.5) is 5.69 Å². The summed E-state index contributed by atoms with van der Waals surface area (Å²) in [5, 5.41) is 0.00810. The molecule has 1 fully saturated rings. The van der Waals surface area contributed by atoms with Crippen molar-refractivity contribution in [3.63, 3.8) is 0 Å². The van der Waals surface area contributed by atoms with Crippen molar-refractivity contribution >= 4 is 37.1 Å². The lowest BCUT2D eigenvalue weighted by Gasteiger charge is -2.33. The van der Waals surface area contributed by atoms with Crippen LogP contribution in [0.1, 0.15) is 46.1 Å². The molecule has 0 aliphatic carbocycles. The van der Waals surface area contributed by atoms with Crippen LogP contribution in [0.5, 0.6) is 0 Å². The van der Waals surface area contributed by atoms with Crippen molar-refractivity contribution in [2.24, 2.45) is 0 Å². The molecule has 2 rings (SSSR count). The first kappa shape index (κ1) is 18.1. The molecule has 1 aromatic rings. The molecule has 1 unspecified atom stereocenters. The highest BCUT2D eigenvalue weighted by Gasteiger charge is 2.39. The second-order valence-electron chi connectivity index (χ2n) is 8.16. The van der Waals surface area contributed by atoms with Crippen LogP contribution in [0.15, 0.2) is 24.3 Å². The Hall–Kier alpha value is -1.23. The normalized spacial score (nSPS) is 19.5. The van der Waals surface area contributed by atoms with Crippen molar-refractivity contribution in [2.45, 2.75) is 56.5 Å². The molecule has 0 radical (unpaired) electrons. The summed E-state index contributed by atoms with van der Waals surface area (Å²) in [6, 6.07) is 7.90. The van der Waals surface area contributed by atoms with Gasteiger partial charge in [-0.25, -0.2) is 4.90 Å². The van der Waals surface area contributed by atoms with E-state index >= 15 is 0 Å². The first-order valence-corrected chi connectivity index (χ1v) is 9.34. The highest BCUT2D eigenvalue weighted by atomic mass is 32.2. The number of hydrogen-bond acceptors (Lipinski definition) is 3. The Morgan fingerprint density at radius 1 is 1.17 bits per heavy atom. The number of hydrogen-bond donors (Lipinski definition) is 0. The van der Waals surface area contributed by atoms with Gasteiger partial charge in [0.15, 0.2) is 0 Å². The predicted molar refractivity (Wildman–Crippen MR) is 101 cm³/mol. The van der Waals surface area contributed by atoms with Crippen LogP contribution in [0.2, 0.25) is 5.31 Å². The van der Waals surface area contributed by atoms with Crippen LogP contribution < -0.4 is 4.90 Å². The van der Waals surface area contributed by atoms with E-state index < -0.39 is 0 Å². The molecule has 124 valence electrons. The largest absolute Gasteiger partial charge is 0.274 e. The molecule has 1 aromatic carbocycles. The first-order chi connectivity index (χ1) is 10.5. The zero-order valence-corrected chi connectivity index (χ0v) is 15.8. The van der Waals surface area contributed by atoms with Crippen LogP contribution in [0, 0.1) is 0 Å². The van der Waals surface area contributed by atoms with E-state index in [9.17, 15) is 9.59 Å². The maximum Gasteiger partial charge on any atom is 0.247 e. The number of carbonyl (C=O) groups is 2. The summed E-state index contributed by atoms with van der Waals surface area (Å²) in [6.45, 7) is 8.97. The average molecular weight is 331 g/mol. The summed E-state index contributed by atoms with van der Waals surface area (Å²) in [7, 11) is 2.24.